The summed E-state index contributed by atoms with van der Waals surface area (Å²) in [6, 6.07) is 60.9. The first-order chi connectivity index (χ1) is 28.3. The summed E-state index contributed by atoms with van der Waals surface area (Å²) in [6.45, 7) is 0. The van der Waals surface area contributed by atoms with Crippen LogP contribution in [0.1, 0.15) is 11.4 Å². The first-order valence-corrected chi connectivity index (χ1v) is 19.1. The maximum atomic E-state index is 5.63. The molecule has 2 aliphatic heterocycles. The van der Waals surface area contributed by atoms with E-state index in [-0.39, 0.29) is 0 Å². The Labute approximate surface area is 329 Å². The molecular formula is C51H34N6. The maximum Gasteiger partial charge on any atom is 0.138 e. The summed E-state index contributed by atoms with van der Waals surface area (Å²) in [5, 5.41) is 0. The third-order valence-corrected chi connectivity index (χ3v) is 10.8. The number of aromatic nitrogens is 6. The van der Waals surface area contributed by atoms with Crippen LogP contribution in [0.25, 0.3) is 113 Å². The highest BCUT2D eigenvalue weighted by Crippen LogP contribution is 2.46. The van der Waals surface area contributed by atoms with Gasteiger partial charge in [-0.3, -0.25) is 0 Å². The topological polar surface area (TPSA) is 86.0 Å². The minimum absolute atomic E-state index is 0.788. The van der Waals surface area contributed by atoms with Gasteiger partial charge in [0.1, 0.15) is 17.2 Å². The molecule has 0 radical (unpaired) electrons. The summed E-state index contributed by atoms with van der Waals surface area (Å²) in [6.07, 6.45) is 4.27. The molecule has 0 spiro atoms. The van der Waals surface area contributed by atoms with Gasteiger partial charge >= 0.3 is 0 Å². The van der Waals surface area contributed by atoms with Crippen molar-refractivity contribution in [3.05, 3.63) is 187 Å². The molecule has 3 N–H and O–H groups in total. The molecule has 11 rings (SSSR count). The molecule has 0 fully saturated rings. The monoisotopic (exact) mass is 730 g/mol. The number of imidazole rings is 1. The van der Waals surface area contributed by atoms with Crippen molar-refractivity contribution in [1.82, 2.24) is 29.9 Å². The zero-order chi connectivity index (χ0) is 37.7. The Morgan fingerprint density at radius 2 is 0.649 bits per heavy atom. The van der Waals surface area contributed by atoms with Crippen molar-refractivity contribution in [2.24, 2.45) is 0 Å². The fourth-order valence-electron chi connectivity index (χ4n) is 8.18. The fraction of sp³-hybridized carbons (Fsp3) is 0. The molecule has 2 aliphatic rings. The highest BCUT2D eigenvalue weighted by atomic mass is 15.0. The Bertz CT molecular complexity index is 2950. The van der Waals surface area contributed by atoms with E-state index in [1.807, 2.05) is 42.5 Å². The number of rotatable bonds is 5. The van der Waals surface area contributed by atoms with Gasteiger partial charge in [0, 0.05) is 49.9 Å². The molecule has 0 saturated carbocycles. The van der Waals surface area contributed by atoms with Gasteiger partial charge in [0.05, 0.1) is 22.8 Å². The van der Waals surface area contributed by atoms with Crippen LogP contribution in [0.15, 0.2) is 176 Å². The predicted octanol–water partition coefficient (Wildman–Crippen LogP) is 12.9. The molecule has 9 aromatic rings. The van der Waals surface area contributed by atoms with Crippen LogP contribution in [0.4, 0.5) is 0 Å². The van der Waals surface area contributed by atoms with Gasteiger partial charge in [0.25, 0.3) is 0 Å². The number of nitrogens with one attached hydrogen (secondary N) is 3. The lowest BCUT2D eigenvalue weighted by atomic mass is 10.0. The van der Waals surface area contributed by atoms with Crippen molar-refractivity contribution in [2.45, 2.75) is 0 Å². The molecule has 268 valence electrons. The Kier molecular flexibility index (Phi) is 7.71. The van der Waals surface area contributed by atoms with Crippen LogP contribution in [-0.4, -0.2) is 29.9 Å². The number of hydrogen-bond donors (Lipinski definition) is 3. The van der Waals surface area contributed by atoms with E-state index in [2.05, 4.69) is 161 Å². The van der Waals surface area contributed by atoms with E-state index in [0.717, 1.165) is 112 Å². The number of fused-ring (bicyclic) bond motifs is 11. The molecule has 4 aromatic heterocycles. The SMILES string of the molecule is C1=Cc2nc1c(-c1ccccc1)c1ccc([nH]1)c(-c1ccccc1)c1nc(c(-c3ccccc3)c3ccc([nH]3)c2-c2ccccc2)-c2[nH]c(-c3ccccc3)nc2-1. The third-order valence-electron chi connectivity index (χ3n) is 10.8. The average Bonchev–Trinajstić information content (AvgIpc) is 4.13. The van der Waals surface area contributed by atoms with Gasteiger partial charge in [0.2, 0.25) is 0 Å². The van der Waals surface area contributed by atoms with Gasteiger partial charge < -0.3 is 15.0 Å². The summed E-state index contributed by atoms with van der Waals surface area (Å²) in [5.74, 6) is 0.788. The van der Waals surface area contributed by atoms with E-state index in [9.17, 15) is 0 Å². The van der Waals surface area contributed by atoms with Gasteiger partial charge in [-0.1, -0.05) is 152 Å². The summed E-state index contributed by atoms with van der Waals surface area (Å²) in [5.41, 5.74) is 18.0. The van der Waals surface area contributed by atoms with E-state index in [1.165, 1.54) is 0 Å². The minimum Gasteiger partial charge on any atom is -0.354 e. The zero-order valence-corrected chi connectivity index (χ0v) is 30.7. The summed E-state index contributed by atoms with van der Waals surface area (Å²) < 4.78 is 0. The Morgan fingerprint density at radius 3 is 1.09 bits per heavy atom. The van der Waals surface area contributed by atoms with E-state index < -0.39 is 0 Å². The number of hydrogen-bond acceptors (Lipinski definition) is 3. The molecule has 6 heterocycles. The largest absolute Gasteiger partial charge is 0.354 e. The Hall–Kier alpha value is -7.83. The summed E-state index contributed by atoms with van der Waals surface area (Å²) >= 11 is 0. The predicted molar refractivity (Wildman–Crippen MR) is 234 cm³/mol. The second-order valence-electron chi connectivity index (χ2n) is 14.2. The van der Waals surface area contributed by atoms with Crippen molar-refractivity contribution in [2.75, 3.05) is 0 Å². The van der Waals surface area contributed by atoms with Gasteiger partial charge in [-0.2, -0.15) is 0 Å². The fourth-order valence-corrected chi connectivity index (χ4v) is 8.18. The van der Waals surface area contributed by atoms with Gasteiger partial charge in [-0.05, 0) is 58.7 Å². The lowest BCUT2D eigenvalue weighted by Crippen LogP contribution is -1.90. The normalized spacial score (nSPS) is 11.8. The van der Waals surface area contributed by atoms with E-state index in [4.69, 9.17) is 15.0 Å². The number of nitrogens with zero attached hydrogens (tertiary/aromatic N) is 3. The van der Waals surface area contributed by atoms with Crippen LogP contribution in [0.3, 0.4) is 0 Å². The van der Waals surface area contributed by atoms with Crippen molar-refractivity contribution >= 4 is 34.2 Å². The van der Waals surface area contributed by atoms with E-state index in [1.54, 1.807) is 0 Å². The molecule has 0 atom stereocenters. The molecule has 0 aliphatic carbocycles. The van der Waals surface area contributed by atoms with Gasteiger partial charge in [-0.15, -0.1) is 0 Å². The zero-order valence-electron chi connectivity index (χ0n) is 30.7. The van der Waals surface area contributed by atoms with Gasteiger partial charge in [0.15, 0.2) is 0 Å². The second-order valence-corrected chi connectivity index (χ2v) is 14.2. The van der Waals surface area contributed by atoms with Crippen molar-refractivity contribution in [1.29, 1.82) is 0 Å². The molecule has 0 amide bonds. The molecule has 57 heavy (non-hydrogen) atoms. The molecule has 6 nitrogen and oxygen atoms in total. The van der Waals surface area contributed by atoms with Crippen LogP contribution in [0.2, 0.25) is 0 Å². The third kappa shape index (κ3) is 5.62. The molecule has 8 bridgehead atoms. The Balaban J connectivity index is 1.36. The van der Waals surface area contributed by atoms with Crippen LogP contribution in [0, 0.1) is 0 Å². The van der Waals surface area contributed by atoms with Gasteiger partial charge in [-0.25, -0.2) is 15.0 Å². The van der Waals surface area contributed by atoms with Crippen molar-refractivity contribution in [3.8, 4) is 78.7 Å². The van der Waals surface area contributed by atoms with Crippen LogP contribution in [0.5, 0.6) is 0 Å². The summed E-state index contributed by atoms with van der Waals surface area (Å²) in [7, 11) is 0. The molecule has 0 unspecified atom stereocenters. The summed E-state index contributed by atoms with van der Waals surface area (Å²) in [4.78, 5) is 27.9. The quantitative estimate of drug-likeness (QED) is 0.165. The lowest BCUT2D eigenvalue weighted by molar-refractivity contribution is 1.27. The van der Waals surface area contributed by atoms with E-state index in [0.29, 0.717) is 0 Å². The molecule has 0 saturated heterocycles. The highest BCUT2D eigenvalue weighted by Gasteiger charge is 2.29. The Morgan fingerprint density at radius 1 is 0.281 bits per heavy atom. The van der Waals surface area contributed by atoms with Crippen LogP contribution in [-0.2, 0) is 0 Å². The first-order valence-electron chi connectivity index (χ1n) is 19.1. The number of H-pyrrole nitrogens is 3. The van der Waals surface area contributed by atoms with Crippen molar-refractivity contribution in [3.63, 3.8) is 0 Å². The maximum absolute atomic E-state index is 5.63. The minimum atomic E-state index is 0.788. The number of benzene rings is 5. The number of aromatic amines is 3. The standard InChI is InChI=1S/C51H34N6/c1-6-16-32(17-7-1)43-37-26-27-38(52-37)44(33-18-8-2-9-19-33)40-29-31-42(54-40)46(35-22-12-4-13-23-35)48-50-49(56-51(57-50)36-24-14-5-15-25-36)47(55-48)45(34-20-10-3-11-21-34)41-30-28-39(43)53-41/h1-31,53-54H,(H,56,57). The molecule has 5 aromatic carbocycles. The van der Waals surface area contributed by atoms with Crippen LogP contribution >= 0.6 is 0 Å². The average molecular weight is 731 g/mol. The molecular weight excluding hydrogens is 697 g/mol. The van der Waals surface area contributed by atoms with Crippen molar-refractivity contribution < 1.29 is 0 Å². The lowest BCUT2D eigenvalue weighted by Gasteiger charge is -2.07. The first kappa shape index (κ1) is 32.6. The van der Waals surface area contributed by atoms with E-state index >= 15 is 0 Å². The van der Waals surface area contributed by atoms with Crippen LogP contribution < -0.4 is 0 Å². The smallest absolute Gasteiger partial charge is 0.138 e. The second kappa shape index (κ2) is 13.5. The molecule has 6 heteroatoms. The highest BCUT2D eigenvalue weighted by molar-refractivity contribution is 6.04.